The summed E-state index contributed by atoms with van der Waals surface area (Å²) in [6, 6.07) is 14.7. The van der Waals surface area contributed by atoms with E-state index < -0.39 is 0 Å². The third-order valence-corrected chi connectivity index (χ3v) is 5.22. The summed E-state index contributed by atoms with van der Waals surface area (Å²) in [5.41, 5.74) is 1.38. The summed E-state index contributed by atoms with van der Waals surface area (Å²) in [6.07, 6.45) is 3.89. The number of halogens is 1. The number of benzene rings is 1. The fourth-order valence-electron chi connectivity index (χ4n) is 3.99. The van der Waals surface area contributed by atoms with Gasteiger partial charge in [-0.1, -0.05) is 30.3 Å². The van der Waals surface area contributed by atoms with E-state index in [4.69, 9.17) is 0 Å². The molecule has 25 heavy (non-hydrogen) atoms. The van der Waals surface area contributed by atoms with Crippen LogP contribution in [0.3, 0.4) is 0 Å². The SMILES string of the molecule is Fc1cccnc1N1CC[C@H](N[C@H]2CCN(Cc3ccccc3)C2)C1. The predicted octanol–water partition coefficient (Wildman–Crippen LogP) is 2.66. The van der Waals surface area contributed by atoms with Gasteiger partial charge in [0.2, 0.25) is 0 Å². The lowest BCUT2D eigenvalue weighted by atomic mass is 10.2. The molecule has 5 heteroatoms. The molecule has 2 atom stereocenters. The molecule has 2 saturated heterocycles. The first-order valence-corrected chi connectivity index (χ1v) is 9.16. The Bertz CT molecular complexity index is 693. The van der Waals surface area contributed by atoms with E-state index in [2.05, 4.69) is 50.4 Å². The average Bonchev–Trinajstić information content (AvgIpc) is 3.26. The number of likely N-dealkylation sites (tertiary alicyclic amines) is 1. The Hall–Kier alpha value is -1.98. The van der Waals surface area contributed by atoms with Crippen LogP contribution in [-0.2, 0) is 6.54 Å². The van der Waals surface area contributed by atoms with Gasteiger partial charge in [0.25, 0.3) is 0 Å². The van der Waals surface area contributed by atoms with Crippen LogP contribution in [0.25, 0.3) is 0 Å². The Balaban J connectivity index is 1.27. The predicted molar refractivity (Wildman–Crippen MR) is 98.1 cm³/mol. The minimum atomic E-state index is -0.224. The van der Waals surface area contributed by atoms with Crippen molar-refractivity contribution in [3.8, 4) is 0 Å². The van der Waals surface area contributed by atoms with E-state index in [1.54, 1.807) is 12.3 Å². The van der Waals surface area contributed by atoms with Gasteiger partial charge in [-0.3, -0.25) is 4.90 Å². The molecular formula is C20H25FN4. The number of hydrogen-bond acceptors (Lipinski definition) is 4. The van der Waals surface area contributed by atoms with E-state index in [0.717, 1.165) is 39.1 Å². The molecule has 2 fully saturated rings. The Morgan fingerprint density at radius 1 is 1.00 bits per heavy atom. The van der Waals surface area contributed by atoms with Gasteiger partial charge in [0.15, 0.2) is 11.6 Å². The monoisotopic (exact) mass is 340 g/mol. The lowest BCUT2D eigenvalue weighted by molar-refractivity contribution is 0.315. The average molecular weight is 340 g/mol. The number of aromatic nitrogens is 1. The van der Waals surface area contributed by atoms with E-state index >= 15 is 0 Å². The molecule has 0 unspecified atom stereocenters. The highest BCUT2D eigenvalue weighted by Gasteiger charge is 2.29. The highest BCUT2D eigenvalue weighted by molar-refractivity contribution is 5.41. The highest BCUT2D eigenvalue weighted by Crippen LogP contribution is 2.22. The van der Waals surface area contributed by atoms with Crippen LogP contribution in [0, 0.1) is 5.82 Å². The van der Waals surface area contributed by atoms with Crippen molar-refractivity contribution in [1.82, 2.24) is 15.2 Å². The van der Waals surface area contributed by atoms with E-state index in [1.165, 1.54) is 18.1 Å². The second-order valence-corrected chi connectivity index (χ2v) is 7.11. The molecule has 2 aliphatic rings. The molecule has 0 saturated carbocycles. The standard InChI is InChI=1S/C20H25FN4/c21-19-7-4-10-22-20(19)25-12-9-18(15-25)23-17-8-11-24(14-17)13-16-5-2-1-3-6-16/h1-7,10,17-18,23H,8-9,11-15H2/t17-,18-/m0/s1. The van der Waals surface area contributed by atoms with Crippen LogP contribution in [0.15, 0.2) is 48.7 Å². The quantitative estimate of drug-likeness (QED) is 0.907. The molecule has 0 radical (unpaired) electrons. The van der Waals surface area contributed by atoms with Gasteiger partial charge < -0.3 is 10.2 Å². The fourth-order valence-corrected chi connectivity index (χ4v) is 3.99. The lowest BCUT2D eigenvalue weighted by Gasteiger charge is -2.21. The molecule has 3 heterocycles. The number of pyridine rings is 1. The topological polar surface area (TPSA) is 31.4 Å². The number of nitrogens with one attached hydrogen (secondary N) is 1. The Kier molecular flexibility index (Phi) is 4.95. The fraction of sp³-hybridized carbons (Fsp3) is 0.450. The van der Waals surface area contributed by atoms with Gasteiger partial charge in [-0.2, -0.15) is 0 Å². The van der Waals surface area contributed by atoms with Crippen molar-refractivity contribution in [3.05, 3.63) is 60.0 Å². The Morgan fingerprint density at radius 2 is 1.80 bits per heavy atom. The molecule has 1 aromatic carbocycles. The highest BCUT2D eigenvalue weighted by atomic mass is 19.1. The number of rotatable bonds is 5. The van der Waals surface area contributed by atoms with Gasteiger partial charge in [0, 0.05) is 51.0 Å². The maximum Gasteiger partial charge on any atom is 0.165 e. The minimum absolute atomic E-state index is 0.224. The largest absolute Gasteiger partial charge is 0.353 e. The summed E-state index contributed by atoms with van der Waals surface area (Å²) in [7, 11) is 0. The van der Waals surface area contributed by atoms with Crippen molar-refractivity contribution in [3.63, 3.8) is 0 Å². The molecular weight excluding hydrogens is 315 g/mol. The van der Waals surface area contributed by atoms with Gasteiger partial charge in [-0.15, -0.1) is 0 Å². The number of hydrogen-bond donors (Lipinski definition) is 1. The molecule has 0 spiro atoms. The summed E-state index contributed by atoms with van der Waals surface area (Å²) in [4.78, 5) is 8.77. The molecule has 132 valence electrons. The normalized spacial score (nSPS) is 24.1. The molecule has 1 N–H and O–H groups in total. The van der Waals surface area contributed by atoms with E-state index in [1.807, 2.05) is 0 Å². The Morgan fingerprint density at radius 3 is 2.64 bits per heavy atom. The van der Waals surface area contributed by atoms with Gasteiger partial charge >= 0.3 is 0 Å². The minimum Gasteiger partial charge on any atom is -0.353 e. The Labute approximate surface area is 148 Å². The number of anilines is 1. The summed E-state index contributed by atoms with van der Waals surface area (Å²) < 4.78 is 13.9. The second kappa shape index (κ2) is 7.50. The van der Waals surface area contributed by atoms with E-state index in [9.17, 15) is 4.39 Å². The first-order valence-electron chi connectivity index (χ1n) is 9.16. The molecule has 2 aromatic rings. The van der Waals surface area contributed by atoms with E-state index in [-0.39, 0.29) is 5.82 Å². The summed E-state index contributed by atoms with van der Waals surface area (Å²) in [5, 5.41) is 3.78. The summed E-state index contributed by atoms with van der Waals surface area (Å²) in [5.74, 6) is 0.266. The third kappa shape index (κ3) is 3.99. The third-order valence-electron chi connectivity index (χ3n) is 5.22. The second-order valence-electron chi connectivity index (χ2n) is 7.11. The van der Waals surface area contributed by atoms with Crippen LogP contribution in [0.2, 0.25) is 0 Å². The summed E-state index contributed by atoms with van der Waals surface area (Å²) >= 11 is 0. The molecule has 4 nitrogen and oxygen atoms in total. The van der Waals surface area contributed by atoms with Crippen LogP contribution >= 0.6 is 0 Å². The molecule has 1 aromatic heterocycles. The van der Waals surface area contributed by atoms with Crippen molar-refractivity contribution in [1.29, 1.82) is 0 Å². The van der Waals surface area contributed by atoms with Crippen molar-refractivity contribution < 1.29 is 4.39 Å². The molecule has 4 rings (SSSR count). The van der Waals surface area contributed by atoms with Crippen molar-refractivity contribution in [2.75, 3.05) is 31.1 Å². The maximum absolute atomic E-state index is 13.9. The zero-order valence-corrected chi connectivity index (χ0v) is 14.4. The number of nitrogens with zero attached hydrogens (tertiary/aromatic N) is 3. The molecule has 0 bridgehead atoms. The first-order chi connectivity index (χ1) is 12.3. The van der Waals surface area contributed by atoms with Crippen molar-refractivity contribution in [2.24, 2.45) is 0 Å². The smallest absolute Gasteiger partial charge is 0.165 e. The zero-order valence-electron chi connectivity index (χ0n) is 14.4. The molecule has 0 amide bonds. The van der Waals surface area contributed by atoms with Gasteiger partial charge in [-0.25, -0.2) is 9.37 Å². The van der Waals surface area contributed by atoms with Gasteiger partial charge in [0.1, 0.15) is 0 Å². The van der Waals surface area contributed by atoms with Crippen molar-refractivity contribution >= 4 is 5.82 Å². The van der Waals surface area contributed by atoms with Crippen molar-refractivity contribution in [2.45, 2.75) is 31.5 Å². The molecule has 0 aliphatic carbocycles. The van der Waals surface area contributed by atoms with E-state index in [0.29, 0.717) is 17.9 Å². The van der Waals surface area contributed by atoms with Gasteiger partial charge in [-0.05, 0) is 30.5 Å². The van der Waals surface area contributed by atoms with Crippen LogP contribution in [0.4, 0.5) is 10.2 Å². The van der Waals surface area contributed by atoms with Crippen LogP contribution < -0.4 is 10.2 Å². The lowest BCUT2D eigenvalue weighted by Crippen LogP contribution is -2.41. The van der Waals surface area contributed by atoms with Crippen LogP contribution in [0.5, 0.6) is 0 Å². The zero-order chi connectivity index (χ0) is 17.1. The molecule has 2 aliphatic heterocycles. The van der Waals surface area contributed by atoms with Crippen LogP contribution in [-0.4, -0.2) is 48.1 Å². The maximum atomic E-state index is 13.9. The first kappa shape index (κ1) is 16.5. The van der Waals surface area contributed by atoms with Gasteiger partial charge in [0.05, 0.1) is 0 Å². The summed E-state index contributed by atoms with van der Waals surface area (Å²) in [6.45, 7) is 4.95. The van der Waals surface area contributed by atoms with Crippen LogP contribution in [0.1, 0.15) is 18.4 Å².